The van der Waals surface area contributed by atoms with E-state index in [1.807, 2.05) is 11.9 Å². The van der Waals surface area contributed by atoms with Gasteiger partial charge in [0, 0.05) is 67.7 Å². The number of carbonyl (C=O) groups excluding carboxylic acids is 1. The molecule has 0 atom stereocenters. The molecule has 1 fully saturated rings. The second kappa shape index (κ2) is 13.9. The Hall–Kier alpha value is -4.45. The molecule has 1 saturated heterocycles. The Kier molecular flexibility index (Phi) is 9.95. The summed E-state index contributed by atoms with van der Waals surface area (Å²) < 4.78 is 48.6. The summed E-state index contributed by atoms with van der Waals surface area (Å²) in [5.74, 6) is 0.266. The van der Waals surface area contributed by atoms with Crippen LogP contribution in [0.5, 0.6) is 11.6 Å². The molecule has 1 aliphatic heterocycles. The van der Waals surface area contributed by atoms with Gasteiger partial charge in [-0.2, -0.15) is 18.2 Å². The van der Waals surface area contributed by atoms with Crippen LogP contribution in [0.4, 0.5) is 24.5 Å². The van der Waals surface area contributed by atoms with E-state index in [1.165, 1.54) is 12.1 Å². The highest BCUT2D eigenvalue weighted by molar-refractivity contribution is 6.30. The SMILES string of the molecule is C=Cc1nc(-c2ccc(Cl)cc2)nc(Oc2ccc(C)c(NC(=O)c3ccc(CN4CCN(C)CC4)c(C(F)(F)F)c3)c2)c1NC. The molecule has 3 aromatic carbocycles. The van der Waals surface area contributed by atoms with E-state index in [2.05, 4.69) is 32.1 Å². The third-order valence-electron chi connectivity index (χ3n) is 7.79. The van der Waals surface area contributed by atoms with Crippen molar-refractivity contribution in [3.8, 4) is 23.0 Å². The first-order chi connectivity index (χ1) is 21.9. The molecule has 46 heavy (non-hydrogen) atoms. The summed E-state index contributed by atoms with van der Waals surface area (Å²) in [4.78, 5) is 26.6. The summed E-state index contributed by atoms with van der Waals surface area (Å²) in [6.45, 7) is 8.72. The van der Waals surface area contributed by atoms with Crippen molar-refractivity contribution in [1.29, 1.82) is 0 Å². The normalized spacial score (nSPS) is 14.2. The maximum Gasteiger partial charge on any atom is 0.416 e. The largest absolute Gasteiger partial charge is 0.437 e. The Bertz CT molecular complexity index is 1740. The lowest BCUT2D eigenvalue weighted by molar-refractivity contribution is -0.138. The van der Waals surface area contributed by atoms with Crippen LogP contribution in [0.25, 0.3) is 17.5 Å². The van der Waals surface area contributed by atoms with Gasteiger partial charge in [-0.15, -0.1) is 0 Å². The van der Waals surface area contributed by atoms with Crippen LogP contribution >= 0.6 is 11.6 Å². The molecule has 12 heteroatoms. The van der Waals surface area contributed by atoms with Gasteiger partial charge in [0.25, 0.3) is 5.91 Å². The average Bonchev–Trinajstić information content (AvgIpc) is 3.03. The lowest BCUT2D eigenvalue weighted by Gasteiger charge is -2.33. The number of alkyl halides is 3. The summed E-state index contributed by atoms with van der Waals surface area (Å²) >= 11 is 6.05. The number of rotatable bonds is 9. The number of hydrogen-bond donors (Lipinski definition) is 2. The summed E-state index contributed by atoms with van der Waals surface area (Å²) in [6, 6.07) is 15.8. The van der Waals surface area contributed by atoms with Gasteiger partial charge in [0.1, 0.15) is 11.4 Å². The van der Waals surface area contributed by atoms with Gasteiger partial charge in [-0.1, -0.05) is 30.3 Å². The predicted molar refractivity (Wildman–Crippen MR) is 176 cm³/mol. The van der Waals surface area contributed by atoms with Crippen LogP contribution in [0, 0.1) is 6.92 Å². The van der Waals surface area contributed by atoms with Gasteiger partial charge >= 0.3 is 6.18 Å². The number of amides is 1. The average molecular weight is 651 g/mol. The number of piperazine rings is 1. The van der Waals surface area contributed by atoms with E-state index >= 15 is 0 Å². The summed E-state index contributed by atoms with van der Waals surface area (Å²) in [7, 11) is 3.69. The fourth-order valence-electron chi connectivity index (χ4n) is 5.11. The monoisotopic (exact) mass is 650 g/mol. The molecule has 1 amide bonds. The Morgan fingerprint density at radius 3 is 2.41 bits per heavy atom. The number of nitrogens with one attached hydrogen (secondary N) is 2. The van der Waals surface area contributed by atoms with Crippen LogP contribution in [0.3, 0.4) is 0 Å². The summed E-state index contributed by atoms with van der Waals surface area (Å²) in [5, 5.41) is 6.37. The van der Waals surface area contributed by atoms with Crippen LogP contribution in [0.2, 0.25) is 5.02 Å². The fourth-order valence-corrected chi connectivity index (χ4v) is 5.24. The van der Waals surface area contributed by atoms with E-state index in [9.17, 15) is 18.0 Å². The lowest BCUT2D eigenvalue weighted by Crippen LogP contribution is -2.44. The van der Waals surface area contributed by atoms with E-state index in [4.69, 9.17) is 16.3 Å². The first kappa shape index (κ1) is 32.9. The second-order valence-corrected chi connectivity index (χ2v) is 11.5. The second-order valence-electron chi connectivity index (χ2n) is 11.1. The van der Waals surface area contributed by atoms with E-state index in [1.54, 1.807) is 62.5 Å². The third-order valence-corrected chi connectivity index (χ3v) is 8.04. The van der Waals surface area contributed by atoms with Gasteiger partial charge in [-0.3, -0.25) is 9.69 Å². The number of anilines is 2. The van der Waals surface area contributed by atoms with Crippen LogP contribution in [0.1, 0.15) is 32.7 Å². The zero-order valence-electron chi connectivity index (χ0n) is 25.7. The van der Waals surface area contributed by atoms with Crippen LogP contribution < -0.4 is 15.4 Å². The molecule has 1 aliphatic rings. The minimum Gasteiger partial charge on any atom is -0.437 e. The number of carbonyl (C=O) groups is 1. The molecular formula is C34H34ClF3N6O2. The van der Waals surface area contributed by atoms with Gasteiger partial charge in [-0.25, -0.2) is 4.98 Å². The Labute approximate surface area is 270 Å². The van der Waals surface area contributed by atoms with E-state index < -0.39 is 17.6 Å². The highest BCUT2D eigenvalue weighted by Crippen LogP contribution is 2.36. The van der Waals surface area contributed by atoms with Gasteiger partial charge < -0.3 is 20.3 Å². The molecular weight excluding hydrogens is 617 g/mol. The van der Waals surface area contributed by atoms with E-state index in [-0.39, 0.29) is 23.6 Å². The molecule has 8 nitrogen and oxygen atoms in total. The van der Waals surface area contributed by atoms with Crippen molar-refractivity contribution in [2.24, 2.45) is 0 Å². The number of aromatic nitrogens is 2. The minimum absolute atomic E-state index is 0.100. The smallest absolute Gasteiger partial charge is 0.416 e. The number of benzene rings is 3. The minimum atomic E-state index is -4.61. The summed E-state index contributed by atoms with van der Waals surface area (Å²) in [5.41, 5.74) is 2.01. The molecule has 1 aromatic heterocycles. The third kappa shape index (κ3) is 7.67. The Morgan fingerprint density at radius 1 is 1.04 bits per heavy atom. The number of halogens is 4. The first-order valence-electron chi connectivity index (χ1n) is 14.6. The van der Waals surface area contributed by atoms with Gasteiger partial charge in [0.15, 0.2) is 5.82 Å². The molecule has 0 radical (unpaired) electrons. The molecule has 0 spiro atoms. The van der Waals surface area contributed by atoms with Gasteiger partial charge in [0.05, 0.1) is 11.3 Å². The Balaban J connectivity index is 1.39. The molecule has 4 aromatic rings. The van der Waals surface area contributed by atoms with Crippen LogP contribution in [-0.4, -0.2) is 65.9 Å². The first-order valence-corrected chi connectivity index (χ1v) is 15.0. The van der Waals surface area contributed by atoms with Crippen molar-refractivity contribution >= 4 is 35.0 Å². The predicted octanol–water partition coefficient (Wildman–Crippen LogP) is 7.60. The Morgan fingerprint density at radius 2 is 1.76 bits per heavy atom. The molecule has 0 unspecified atom stereocenters. The maximum atomic E-state index is 14.1. The zero-order valence-corrected chi connectivity index (χ0v) is 26.5. The number of nitrogens with zero attached hydrogens (tertiary/aromatic N) is 4. The van der Waals surface area contributed by atoms with E-state index in [0.717, 1.165) is 19.2 Å². The van der Waals surface area contributed by atoms with Crippen molar-refractivity contribution in [1.82, 2.24) is 19.8 Å². The standard InChI is InChI=1S/C34H34ClF3N6O2/c1-5-28-30(39-3)33(42-31(40-28)22-9-11-25(35)12-10-22)46-26-13-6-21(2)29(19-26)41-32(45)23-7-8-24(27(18-23)34(36,37)38)20-44-16-14-43(4)15-17-44/h5-13,18-19,39H,1,14-17,20H2,2-4H3,(H,41,45). The highest BCUT2D eigenvalue weighted by Gasteiger charge is 2.34. The van der Waals surface area contributed by atoms with Crippen LogP contribution in [0.15, 0.2) is 67.2 Å². The number of ether oxygens (including phenoxy) is 1. The molecule has 2 heterocycles. The van der Waals surface area contributed by atoms with Crippen molar-refractivity contribution < 1.29 is 22.7 Å². The fraction of sp³-hybridized carbons (Fsp3) is 0.265. The van der Waals surface area contributed by atoms with E-state index in [0.29, 0.717) is 57.9 Å². The lowest BCUT2D eigenvalue weighted by atomic mass is 10.0. The zero-order chi connectivity index (χ0) is 33.0. The van der Waals surface area contributed by atoms with Crippen molar-refractivity contribution in [3.63, 3.8) is 0 Å². The number of hydrogen-bond acceptors (Lipinski definition) is 7. The molecule has 0 bridgehead atoms. The topological polar surface area (TPSA) is 82.6 Å². The molecule has 0 saturated carbocycles. The number of aryl methyl sites for hydroxylation is 1. The van der Waals surface area contributed by atoms with Crippen molar-refractivity contribution in [2.75, 3.05) is 50.9 Å². The summed E-state index contributed by atoms with van der Waals surface area (Å²) in [6.07, 6.45) is -3.04. The van der Waals surface area contributed by atoms with Crippen LogP contribution in [-0.2, 0) is 12.7 Å². The number of likely N-dealkylation sites (N-methyl/N-ethyl adjacent to an activating group) is 1. The molecule has 0 aliphatic carbocycles. The maximum absolute atomic E-state index is 14.1. The van der Waals surface area contributed by atoms with Gasteiger partial charge in [-0.05, 0) is 73.6 Å². The molecule has 2 N–H and O–H groups in total. The van der Waals surface area contributed by atoms with Crippen molar-refractivity contribution in [2.45, 2.75) is 19.6 Å². The highest BCUT2D eigenvalue weighted by atomic mass is 35.5. The quantitative estimate of drug-likeness (QED) is 0.193. The van der Waals surface area contributed by atoms with Gasteiger partial charge in [0.2, 0.25) is 5.88 Å². The van der Waals surface area contributed by atoms with Crippen molar-refractivity contribution in [3.05, 3.63) is 100 Å². The molecule has 240 valence electrons. The molecule has 5 rings (SSSR count).